The van der Waals surface area contributed by atoms with E-state index in [0.29, 0.717) is 30.4 Å². The van der Waals surface area contributed by atoms with Crippen molar-refractivity contribution in [1.29, 1.82) is 0 Å². The zero-order valence-electron chi connectivity index (χ0n) is 14.5. The Hall–Kier alpha value is -2.08. The first-order valence-electron chi connectivity index (χ1n) is 8.17. The molecule has 1 aromatic rings. The van der Waals surface area contributed by atoms with Crippen molar-refractivity contribution in [2.75, 3.05) is 33.4 Å². The fourth-order valence-electron chi connectivity index (χ4n) is 3.08. The molecule has 0 spiro atoms. The second-order valence-electron chi connectivity index (χ2n) is 6.39. The highest BCUT2D eigenvalue weighted by molar-refractivity contribution is 5.94. The van der Waals surface area contributed by atoms with E-state index in [1.54, 1.807) is 24.1 Å². The number of hydrogen-bond donors (Lipinski definition) is 1. The summed E-state index contributed by atoms with van der Waals surface area (Å²) >= 11 is 0. The molecule has 1 aliphatic heterocycles. The quantitative estimate of drug-likeness (QED) is 0.863. The lowest BCUT2D eigenvalue weighted by Gasteiger charge is -2.27. The van der Waals surface area contributed by atoms with Crippen LogP contribution in [-0.2, 0) is 9.53 Å². The van der Waals surface area contributed by atoms with Crippen LogP contribution in [0.4, 0.5) is 0 Å². The van der Waals surface area contributed by atoms with Crippen molar-refractivity contribution in [3.8, 4) is 5.75 Å². The molecule has 0 aliphatic carbocycles. The number of benzene rings is 1. The first-order valence-corrected chi connectivity index (χ1v) is 8.17. The molecule has 0 bridgehead atoms. The number of hydrogen-bond acceptors (Lipinski definition) is 4. The summed E-state index contributed by atoms with van der Waals surface area (Å²) in [5.74, 6) is -0.162. The average molecular weight is 335 g/mol. The number of ether oxygens (including phenoxy) is 2. The highest BCUT2D eigenvalue weighted by Gasteiger charge is 2.21. The van der Waals surface area contributed by atoms with Crippen LogP contribution >= 0.6 is 0 Å². The zero-order chi connectivity index (χ0) is 17.7. The lowest BCUT2D eigenvalue weighted by Crippen LogP contribution is -2.35. The van der Waals surface area contributed by atoms with Crippen LogP contribution in [0.2, 0.25) is 0 Å². The number of carboxylic acids is 1. The first-order chi connectivity index (χ1) is 11.4. The number of carboxylic acid groups (broad SMARTS) is 1. The smallest absolute Gasteiger partial charge is 0.341 e. The van der Waals surface area contributed by atoms with E-state index in [0.717, 1.165) is 30.6 Å². The topological polar surface area (TPSA) is 76.1 Å². The molecule has 0 aromatic heterocycles. The van der Waals surface area contributed by atoms with E-state index in [9.17, 15) is 9.59 Å². The predicted octanol–water partition coefficient (Wildman–Crippen LogP) is 2.27. The summed E-state index contributed by atoms with van der Waals surface area (Å²) in [6, 6.07) is 3.50. The third-order valence-corrected chi connectivity index (χ3v) is 4.18. The van der Waals surface area contributed by atoms with Gasteiger partial charge in [0.25, 0.3) is 5.91 Å². The Labute approximate surface area is 142 Å². The second kappa shape index (κ2) is 8.15. The molecule has 1 saturated heterocycles. The molecule has 1 aliphatic rings. The molecule has 24 heavy (non-hydrogen) atoms. The predicted molar refractivity (Wildman–Crippen MR) is 89.6 cm³/mol. The van der Waals surface area contributed by atoms with E-state index in [1.807, 2.05) is 13.8 Å². The summed E-state index contributed by atoms with van der Waals surface area (Å²) in [6.45, 7) is 5.43. The van der Waals surface area contributed by atoms with Gasteiger partial charge in [0.05, 0.1) is 6.61 Å². The maximum absolute atomic E-state index is 12.7. The van der Waals surface area contributed by atoms with Gasteiger partial charge in [-0.2, -0.15) is 0 Å². The van der Waals surface area contributed by atoms with Crippen LogP contribution in [0.1, 0.15) is 34.3 Å². The number of amides is 1. The number of aliphatic carboxylic acids is 1. The van der Waals surface area contributed by atoms with Gasteiger partial charge < -0.3 is 19.5 Å². The van der Waals surface area contributed by atoms with Gasteiger partial charge in [-0.05, 0) is 55.9 Å². The van der Waals surface area contributed by atoms with Crippen molar-refractivity contribution in [3.63, 3.8) is 0 Å². The Kier molecular flexibility index (Phi) is 6.20. The Bertz CT molecular complexity index is 584. The van der Waals surface area contributed by atoms with Gasteiger partial charge in [0.1, 0.15) is 5.75 Å². The van der Waals surface area contributed by atoms with Crippen molar-refractivity contribution in [3.05, 3.63) is 28.8 Å². The van der Waals surface area contributed by atoms with Gasteiger partial charge in [-0.3, -0.25) is 4.79 Å². The van der Waals surface area contributed by atoms with E-state index >= 15 is 0 Å². The monoisotopic (exact) mass is 335 g/mol. The molecule has 132 valence electrons. The number of rotatable bonds is 6. The molecule has 1 N–H and O–H groups in total. The molecule has 0 radical (unpaired) electrons. The molecular formula is C18H25NO5. The van der Waals surface area contributed by atoms with E-state index in [4.69, 9.17) is 14.6 Å². The van der Waals surface area contributed by atoms with E-state index in [1.165, 1.54) is 0 Å². The van der Waals surface area contributed by atoms with Crippen LogP contribution in [0, 0.1) is 19.8 Å². The molecule has 6 nitrogen and oxygen atoms in total. The molecule has 1 aromatic carbocycles. The van der Waals surface area contributed by atoms with E-state index in [-0.39, 0.29) is 5.91 Å². The van der Waals surface area contributed by atoms with Crippen LogP contribution in [-0.4, -0.2) is 55.3 Å². The molecule has 1 fully saturated rings. The third kappa shape index (κ3) is 4.71. The van der Waals surface area contributed by atoms with Crippen LogP contribution in [0.15, 0.2) is 12.1 Å². The molecule has 0 saturated carbocycles. The lowest BCUT2D eigenvalue weighted by atomic mass is 10.0. The highest BCUT2D eigenvalue weighted by Crippen LogP contribution is 2.26. The maximum Gasteiger partial charge on any atom is 0.341 e. The van der Waals surface area contributed by atoms with Crippen LogP contribution in [0.5, 0.6) is 5.75 Å². The number of nitrogens with zero attached hydrogens (tertiary/aromatic N) is 1. The number of aryl methyl sites for hydroxylation is 2. The molecule has 1 amide bonds. The fraction of sp³-hybridized carbons (Fsp3) is 0.556. The Balaban J connectivity index is 2.07. The van der Waals surface area contributed by atoms with Crippen LogP contribution in [0.25, 0.3) is 0 Å². The highest BCUT2D eigenvalue weighted by atomic mass is 16.5. The van der Waals surface area contributed by atoms with Crippen molar-refractivity contribution in [2.24, 2.45) is 5.92 Å². The van der Waals surface area contributed by atoms with Crippen LogP contribution < -0.4 is 4.74 Å². The minimum Gasteiger partial charge on any atom is -0.481 e. The Morgan fingerprint density at radius 3 is 2.54 bits per heavy atom. The summed E-state index contributed by atoms with van der Waals surface area (Å²) < 4.78 is 10.8. The largest absolute Gasteiger partial charge is 0.481 e. The van der Waals surface area contributed by atoms with E-state index in [2.05, 4.69) is 0 Å². The minimum absolute atomic E-state index is 0.0449. The van der Waals surface area contributed by atoms with Crippen molar-refractivity contribution < 1.29 is 24.2 Å². The number of carbonyl (C=O) groups excluding carboxylic acids is 1. The molecule has 1 heterocycles. The second-order valence-corrected chi connectivity index (χ2v) is 6.39. The summed E-state index contributed by atoms with van der Waals surface area (Å²) in [6.07, 6.45) is 2.12. The zero-order valence-corrected chi connectivity index (χ0v) is 14.5. The summed E-state index contributed by atoms with van der Waals surface area (Å²) in [7, 11) is 1.80. The summed E-state index contributed by atoms with van der Waals surface area (Å²) in [4.78, 5) is 25.0. The molecule has 6 heteroatoms. The minimum atomic E-state index is -1.02. The van der Waals surface area contributed by atoms with Gasteiger partial charge in [-0.25, -0.2) is 4.79 Å². The van der Waals surface area contributed by atoms with E-state index < -0.39 is 12.6 Å². The summed E-state index contributed by atoms with van der Waals surface area (Å²) in [5.41, 5.74) is 2.11. The first kappa shape index (κ1) is 18.3. The molecular weight excluding hydrogens is 310 g/mol. The van der Waals surface area contributed by atoms with Gasteiger partial charge in [0.15, 0.2) is 6.61 Å². The standard InChI is InChI=1S/C18H25NO5/c1-12-7-15(8-13(2)17(12)24-11-16(20)21)18(22)19(3)9-14-5-4-6-23-10-14/h7-8,14H,4-6,9-11H2,1-3H3,(H,20,21)/t14-/m0/s1. The molecule has 0 unspecified atom stereocenters. The normalized spacial score (nSPS) is 17.4. The van der Waals surface area contributed by atoms with Crippen molar-refractivity contribution in [1.82, 2.24) is 4.90 Å². The lowest BCUT2D eigenvalue weighted by molar-refractivity contribution is -0.139. The van der Waals surface area contributed by atoms with Gasteiger partial charge in [-0.1, -0.05) is 0 Å². The van der Waals surface area contributed by atoms with Gasteiger partial charge >= 0.3 is 5.97 Å². The Morgan fingerprint density at radius 2 is 2.00 bits per heavy atom. The van der Waals surface area contributed by atoms with Crippen LogP contribution in [0.3, 0.4) is 0 Å². The fourth-order valence-corrected chi connectivity index (χ4v) is 3.08. The summed E-state index contributed by atoms with van der Waals surface area (Å²) in [5, 5.41) is 8.73. The molecule has 2 rings (SSSR count). The maximum atomic E-state index is 12.7. The third-order valence-electron chi connectivity index (χ3n) is 4.18. The SMILES string of the molecule is Cc1cc(C(=O)N(C)C[C@@H]2CCCOC2)cc(C)c1OCC(=O)O. The molecule has 1 atom stereocenters. The van der Waals surface area contributed by atoms with Gasteiger partial charge in [-0.15, -0.1) is 0 Å². The van der Waals surface area contributed by atoms with Gasteiger partial charge in [0.2, 0.25) is 0 Å². The number of carbonyl (C=O) groups is 2. The Morgan fingerprint density at radius 1 is 1.33 bits per heavy atom. The average Bonchev–Trinajstić information content (AvgIpc) is 2.53. The van der Waals surface area contributed by atoms with Gasteiger partial charge in [0, 0.05) is 25.8 Å². The van der Waals surface area contributed by atoms with Crippen molar-refractivity contribution in [2.45, 2.75) is 26.7 Å². The van der Waals surface area contributed by atoms with Crippen molar-refractivity contribution >= 4 is 11.9 Å².